The fraction of sp³-hybridized carbons (Fsp3) is 0.800. The number of aromatic nitrogens is 2. The molecule has 18 heavy (non-hydrogen) atoms. The predicted molar refractivity (Wildman–Crippen MR) is 75.6 cm³/mol. The van der Waals surface area contributed by atoms with E-state index in [1.165, 1.54) is 38.5 Å². The first-order chi connectivity index (χ1) is 8.73. The quantitative estimate of drug-likeness (QED) is 0.827. The first-order valence-electron chi connectivity index (χ1n) is 7.37. The minimum absolute atomic E-state index is 0.514. The lowest BCUT2D eigenvalue weighted by Gasteiger charge is -2.58. The maximum absolute atomic E-state index is 5.01. The number of imidazole rings is 1. The van der Waals surface area contributed by atoms with E-state index in [2.05, 4.69) is 15.7 Å². The summed E-state index contributed by atoms with van der Waals surface area (Å²) in [6.07, 6.45) is 14.8. The van der Waals surface area contributed by atoms with Crippen LogP contribution in [-0.4, -0.2) is 14.8 Å². The maximum atomic E-state index is 5.01. The molecule has 4 fully saturated rings. The summed E-state index contributed by atoms with van der Waals surface area (Å²) in [6.45, 7) is 1.04. The van der Waals surface area contributed by atoms with Gasteiger partial charge in [-0.1, -0.05) is 0 Å². The Kier molecular flexibility index (Phi) is 2.55. The normalized spacial score (nSPS) is 43.3. The van der Waals surface area contributed by atoms with Gasteiger partial charge in [0.05, 0.1) is 6.33 Å². The molecule has 2 nitrogen and oxygen atoms in total. The van der Waals surface area contributed by atoms with Crippen molar-refractivity contribution in [2.24, 2.45) is 23.2 Å². The van der Waals surface area contributed by atoms with Crippen LogP contribution in [0.2, 0.25) is 0 Å². The Labute approximate surface area is 115 Å². The van der Waals surface area contributed by atoms with E-state index in [1.807, 2.05) is 12.5 Å². The van der Waals surface area contributed by atoms with Crippen LogP contribution in [0.3, 0.4) is 0 Å². The number of thiol groups is 1. The summed E-state index contributed by atoms with van der Waals surface area (Å²) in [7, 11) is 0. The molecule has 98 valence electrons. The van der Waals surface area contributed by atoms with Gasteiger partial charge in [0.1, 0.15) is 0 Å². The van der Waals surface area contributed by atoms with E-state index in [0.29, 0.717) is 10.7 Å². The molecule has 5 rings (SSSR count). The largest absolute Gasteiger partial charge is 0.336 e. The maximum Gasteiger partial charge on any atom is 0.0946 e. The topological polar surface area (TPSA) is 17.8 Å². The minimum Gasteiger partial charge on any atom is -0.336 e. The third-order valence-electron chi connectivity index (χ3n) is 5.74. The fourth-order valence-corrected chi connectivity index (χ4v) is 5.88. The van der Waals surface area contributed by atoms with Crippen LogP contribution in [0.1, 0.15) is 38.5 Å². The van der Waals surface area contributed by atoms with Gasteiger partial charge in [-0.2, -0.15) is 12.6 Å². The van der Waals surface area contributed by atoms with E-state index in [0.717, 1.165) is 24.3 Å². The van der Waals surface area contributed by atoms with E-state index in [4.69, 9.17) is 12.6 Å². The number of nitrogens with zero attached hydrogens (tertiary/aromatic N) is 2. The van der Waals surface area contributed by atoms with Crippen LogP contribution in [0.25, 0.3) is 0 Å². The molecule has 1 atom stereocenters. The van der Waals surface area contributed by atoms with Crippen molar-refractivity contribution in [3.63, 3.8) is 0 Å². The summed E-state index contributed by atoms with van der Waals surface area (Å²) < 4.78 is 2.20. The van der Waals surface area contributed by atoms with Crippen LogP contribution in [0.5, 0.6) is 0 Å². The lowest BCUT2D eigenvalue weighted by atomic mass is 9.48. The summed E-state index contributed by atoms with van der Waals surface area (Å²) >= 11 is 5.01. The van der Waals surface area contributed by atoms with E-state index in [-0.39, 0.29) is 0 Å². The smallest absolute Gasteiger partial charge is 0.0946 e. The SMILES string of the molecule is SC(Cn1ccnc1)C12CC3CC(CC(C3)C1)C2. The third kappa shape index (κ3) is 1.74. The van der Waals surface area contributed by atoms with Crippen molar-refractivity contribution in [2.75, 3.05) is 0 Å². The summed E-state index contributed by atoms with van der Waals surface area (Å²) in [5.41, 5.74) is 0.544. The zero-order chi connectivity index (χ0) is 12.2. The van der Waals surface area contributed by atoms with Gasteiger partial charge < -0.3 is 4.57 Å². The van der Waals surface area contributed by atoms with E-state index in [9.17, 15) is 0 Å². The average molecular weight is 262 g/mol. The molecule has 0 aromatic carbocycles. The van der Waals surface area contributed by atoms with Crippen LogP contribution in [0.4, 0.5) is 0 Å². The van der Waals surface area contributed by atoms with E-state index < -0.39 is 0 Å². The molecule has 3 heteroatoms. The summed E-state index contributed by atoms with van der Waals surface area (Å²) in [5.74, 6) is 3.07. The van der Waals surface area contributed by atoms with Gasteiger partial charge in [0.25, 0.3) is 0 Å². The molecular weight excluding hydrogens is 240 g/mol. The van der Waals surface area contributed by atoms with Crippen LogP contribution in [0.15, 0.2) is 18.7 Å². The van der Waals surface area contributed by atoms with Crippen molar-refractivity contribution < 1.29 is 0 Å². The predicted octanol–water partition coefficient (Wildman–Crippen LogP) is 3.40. The Morgan fingerprint density at radius 3 is 2.28 bits per heavy atom. The standard InChI is InChI=1S/C15H22N2S/c18-14(9-17-2-1-16-10-17)15-6-11-3-12(7-15)5-13(4-11)8-15/h1-2,10-14,18H,3-9H2. The summed E-state index contributed by atoms with van der Waals surface area (Å²) in [4.78, 5) is 4.15. The molecule has 1 aromatic rings. The highest BCUT2D eigenvalue weighted by Crippen LogP contribution is 2.62. The van der Waals surface area contributed by atoms with Gasteiger partial charge in [-0.3, -0.25) is 0 Å². The van der Waals surface area contributed by atoms with Crippen molar-refractivity contribution in [1.29, 1.82) is 0 Å². The number of rotatable bonds is 3. The van der Waals surface area contributed by atoms with E-state index >= 15 is 0 Å². The second kappa shape index (κ2) is 4.03. The molecule has 0 amide bonds. The second-order valence-electron chi connectivity index (χ2n) is 7.06. The Balaban J connectivity index is 1.56. The molecule has 4 aliphatic rings. The Morgan fingerprint density at radius 1 is 1.17 bits per heavy atom. The van der Waals surface area contributed by atoms with Gasteiger partial charge in [-0.25, -0.2) is 4.98 Å². The number of hydrogen-bond donors (Lipinski definition) is 1. The fourth-order valence-electron chi connectivity index (χ4n) is 5.37. The second-order valence-corrected chi connectivity index (χ2v) is 7.68. The molecule has 0 radical (unpaired) electrons. The molecular formula is C15H22N2S. The molecule has 4 saturated carbocycles. The summed E-state index contributed by atoms with van der Waals surface area (Å²) in [6, 6.07) is 0. The van der Waals surface area contributed by atoms with Gasteiger partial charge in [0.2, 0.25) is 0 Å². The first kappa shape index (κ1) is 11.4. The molecule has 0 spiro atoms. The van der Waals surface area contributed by atoms with Crippen molar-refractivity contribution in [1.82, 2.24) is 9.55 Å². The third-order valence-corrected chi connectivity index (χ3v) is 6.45. The molecule has 0 N–H and O–H groups in total. The molecule has 4 aliphatic carbocycles. The first-order valence-corrected chi connectivity index (χ1v) is 7.89. The van der Waals surface area contributed by atoms with Crippen molar-refractivity contribution in [3.8, 4) is 0 Å². The van der Waals surface area contributed by atoms with Crippen LogP contribution < -0.4 is 0 Å². The molecule has 1 aromatic heterocycles. The molecule has 0 saturated heterocycles. The molecule has 1 unspecified atom stereocenters. The zero-order valence-corrected chi connectivity index (χ0v) is 11.7. The van der Waals surface area contributed by atoms with Gasteiger partial charge in [0, 0.05) is 24.2 Å². The lowest BCUT2D eigenvalue weighted by Crippen LogP contribution is -2.51. The van der Waals surface area contributed by atoms with Crippen LogP contribution >= 0.6 is 12.6 Å². The van der Waals surface area contributed by atoms with Gasteiger partial charge in [-0.15, -0.1) is 0 Å². The van der Waals surface area contributed by atoms with Crippen LogP contribution in [0, 0.1) is 23.2 Å². The monoisotopic (exact) mass is 262 g/mol. The van der Waals surface area contributed by atoms with Gasteiger partial charge >= 0.3 is 0 Å². The van der Waals surface area contributed by atoms with Crippen molar-refractivity contribution >= 4 is 12.6 Å². The Bertz CT molecular complexity index is 390. The lowest BCUT2D eigenvalue weighted by molar-refractivity contribution is -0.0549. The Hall–Kier alpha value is -0.440. The van der Waals surface area contributed by atoms with Gasteiger partial charge in [-0.05, 0) is 61.7 Å². The van der Waals surface area contributed by atoms with Crippen molar-refractivity contribution in [3.05, 3.63) is 18.7 Å². The number of hydrogen-bond acceptors (Lipinski definition) is 2. The minimum atomic E-state index is 0.514. The molecule has 1 heterocycles. The highest BCUT2D eigenvalue weighted by molar-refractivity contribution is 7.81. The average Bonchev–Trinajstić information content (AvgIpc) is 2.79. The van der Waals surface area contributed by atoms with E-state index in [1.54, 1.807) is 0 Å². The van der Waals surface area contributed by atoms with Gasteiger partial charge in [0.15, 0.2) is 0 Å². The van der Waals surface area contributed by atoms with Crippen molar-refractivity contribution in [2.45, 2.75) is 50.3 Å². The zero-order valence-electron chi connectivity index (χ0n) is 10.8. The highest BCUT2D eigenvalue weighted by atomic mass is 32.1. The molecule has 0 aliphatic heterocycles. The molecule has 4 bridgehead atoms. The highest BCUT2D eigenvalue weighted by Gasteiger charge is 2.53. The Morgan fingerprint density at radius 2 is 1.78 bits per heavy atom. The summed E-state index contributed by atoms with van der Waals surface area (Å²) in [5, 5.41) is 0.514. The van der Waals surface area contributed by atoms with Crippen LogP contribution in [-0.2, 0) is 6.54 Å².